The van der Waals surface area contributed by atoms with Crippen LogP contribution in [0.5, 0.6) is 0 Å². The molecule has 0 fully saturated rings. The third kappa shape index (κ3) is 6.62. The predicted octanol–water partition coefficient (Wildman–Crippen LogP) is 3.75. The lowest BCUT2D eigenvalue weighted by Crippen LogP contribution is -2.38. The molecule has 0 saturated heterocycles. The number of guanidine groups is 1. The first-order valence-electron chi connectivity index (χ1n) is 8.12. The van der Waals surface area contributed by atoms with E-state index in [0.29, 0.717) is 18.1 Å². The zero-order valence-corrected chi connectivity index (χ0v) is 16.8. The van der Waals surface area contributed by atoms with E-state index in [-0.39, 0.29) is 36.6 Å². The molecule has 4 nitrogen and oxygen atoms in total. The number of nitrogens with one attached hydrogen (secondary N) is 2. The Morgan fingerprint density at radius 2 is 1.92 bits per heavy atom. The minimum Gasteiger partial charge on any atom is -0.392 e. The molecule has 1 atom stereocenters. The van der Waals surface area contributed by atoms with Crippen LogP contribution >= 0.6 is 24.0 Å². The highest BCUT2D eigenvalue weighted by Gasteiger charge is 2.07. The Bertz CT molecular complexity index is 680. The molecule has 0 amide bonds. The minimum absolute atomic E-state index is 0. The summed E-state index contributed by atoms with van der Waals surface area (Å²) in [6.45, 7) is 4.92. The summed E-state index contributed by atoms with van der Waals surface area (Å²) in [4.78, 5) is 4.54. The highest BCUT2D eigenvalue weighted by Crippen LogP contribution is 2.13. The Labute approximate surface area is 165 Å². The van der Waals surface area contributed by atoms with Gasteiger partial charge in [-0.3, -0.25) is 0 Å². The first-order chi connectivity index (χ1) is 11.6. The highest BCUT2D eigenvalue weighted by molar-refractivity contribution is 14.0. The van der Waals surface area contributed by atoms with Crippen LogP contribution in [0.3, 0.4) is 0 Å². The molecule has 0 spiro atoms. The Hall–Kier alpha value is -1.67. The van der Waals surface area contributed by atoms with Crippen LogP contribution in [0.1, 0.15) is 36.6 Å². The van der Waals surface area contributed by atoms with Gasteiger partial charge in [0.25, 0.3) is 0 Å². The summed E-state index contributed by atoms with van der Waals surface area (Å²) in [5.41, 5.74) is 2.32. The molecular formula is C19H25FIN3O. The molecule has 6 heteroatoms. The molecule has 25 heavy (non-hydrogen) atoms. The van der Waals surface area contributed by atoms with E-state index in [1.807, 2.05) is 25.1 Å². The van der Waals surface area contributed by atoms with Gasteiger partial charge in [-0.15, -0.1) is 24.0 Å². The summed E-state index contributed by atoms with van der Waals surface area (Å²) in [6.07, 6.45) is 0. The fraction of sp³-hybridized carbons (Fsp3) is 0.316. The van der Waals surface area contributed by atoms with Gasteiger partial charge >= 0.3 is 0 Å². The van der Waals surface area contributed by atoms with Crippen LogP contribution in [0.4, 0.5) is 4.39 Å². The van der Waals surface area contributed by atoms with Crippen LogP contribution in [0.15, 0.2) is 53.5 Å². The van der Waals surface area contributed by atoms with Crippen molar-refractivity contribution in [1.29, 1.82) is 0 Å². The van der Waals surface area contributed by atoms with Crippen molar-refractivity contribution in [2.45, 2.75) is 33.0 Å². The van der Waals surface area contributed by atoms with Crippen LogP contribution in [0.25, 0.3) is 0 Å². The number of aliphatic hydroxyl groups is 1. The summed E-state index contributed by atoms with van der Waals surface area (Å²) in [6, 6.07) is 14.9. The third-order valence-electron chi connectivity index (χ3n) is 3.70. The number of halogens is 2. The van der Waals surface area contributed by atoms with Gasteiger partial charge in [0.2, 0.25) is 0 Å². The van der Waals surface area contributed by atoms with Crippen molar-refractivity contribution in [2.75, 3.05) is 6.54 Å². The number of rotatable bonds is 6. The summed E-state index contributed by atoms with van der Waals surface area (Å²) in [5.74, 6) is 0.302. The maximum absolute atomic E-state index is 13.4. The molecule has 2 rings (SSSR count). The molecule has 3 N–H and O–H groups in total. The van der Waals surface area contributed by atoms with Crippen molar-refractivity contribution in [3.05, 3.63) is 71.0 Å². The first kappa shape index (κ1) is 21.4. The number of aliphatic imine (C=N–C) groups is 1. The van der Waals surface area contributed by atoms with Crippen molar-refractivity contribution in [3.8, 4) is 0 Å². The van der Waals surface area contributed by atoms with E-state index in [0.717, 1.165) is 12.1 Å². The lowest BCUT2D eigenvalue weighted by molar-refractivity contribution is 0.275. The van der Waals surface area contributed by atoms with E-state index in [1.165, 1.54) is 11.6 Å². The van der Waals surface area contributed by atoms with Gasteiger partial charge in [-0.25, -0.2) is 9.38 Å². The number of hydrogen-bond acceptors (Lipinski definition) is 2. The van der Waals surface area contributed by atoms with E-state index in [2.05, 4.69) is 34.7 Å². The predicted molar refractivity (Wildman–Crippen MR) is 111 cm³/mol. The lowest BCUT2D eigenvalue weighted by atomic mass is 10.1. The van der Waals surface area contributed by atoms with E-state index in [9.17, 15) is 4.39 Å². The normalized spacial score (nSPS) is 12.2. The molecule has 136 valence electrons. The Kier molecular flexibility index (Phi) is 9.44. The first-order valence-corrected chi connectivity index (χ1v) is 8.12. The van der Waals surface area contributed by atoms with Gasteiger partial charge in [0.1, 0.15) is 5.82 Å². The Balaban J connectivity index is 0.00000312. The standard InChI is InChI=1S/C19H24FN3O.HI/c1-3-21-19(23-14(2)16-7-5-4-6-8-16)22-12-15-9-10-18(20)17(11-15)13-24;/h4-11,14,24H,3,12-13H2,1-2H3,(H2,21,22,23);1H. The minimum atomic E-state index is -0.395. The molecule has 2 aromatic rings. The lowest BCUT2D eigenvalue weighted by Gasteiger charge is -2.18. The van der Waals surface area contributed by atoms with E-state index in [1.54, 1.807) is 12.1 Å². The smallest absolute Gasteiger partial charge is 0.192 e. The van der Waals surface area contributed by atoms with Crippen molar-refractivity contribution < 1.29 is 9.50 Å². The SMILES string of the molecule is CCNC(=NCc1ccc(F)c(CO)c1)NC(C)c1ccccc1.I. The van der Waals surface area contributed by atoms with Crippen LogP contribution < -0.4 is 10.6 Å². The van der Waals surface area contributed by atoms with Crippen LogP contribution in [0, 0.1) is 5.82 Å². The van der Waals surface area contributed by atoms with Gasteiger partial charge in [0.15, 0.2) is 5.96 Å². The number of benzene rings is 2. The van der Waals surface area contributed by atoms with Gasteiger partial charge in [-0.2, -0.15) is 0 Å². The van der Waals surface area contributed by atoms with Crippen molar-refractivity contribution >= 4 is 29.9 Å². The molecule has 0 aliphatic heterocycles. The van der Waals surface area contributed by atoms with Gasteiger partial charge in [0, 0.05) is 12.1 Å². The Morgan fingerprint density at radius 1 is 1.20 bits per heavy atom. The molecule has 0 radical (unpaired) electrons. The summed E-state index contributed by atoms with van der Waals surface area (Å²) < 4.78 is 13.4. The van der Waals surface area contributed by atoms with Crippen molar-refractivity contribution in [1.82, 2.24) is 10.6 Å². The van der Waals surface area contributed by atoms with E-state index >= 15 is 0 Å². The molecule has 0 aliphatic carbocycles. The summed E-state index contributed by atoms with van der Waals surface area (Å²) in [5, 5.41) is 15.7. The number of hydrogen-bond donors (Lipinski definition) is 3. The summed E-state index contributed by atoms with van der Waals surface area (Å²) >= 11 is 0. The number of aliphatic hydroxyl groups excluding tert-OH is 1. The zero-order valence-electron chi connectivity index (χ0n) is 14.5. The van der Waals surface area contributed by atoms with E-state index < -0.39 is 5.82 Å². The average Bonchev–Trinajstić information content (AvgIpc) is 2.61. The van der Waals surface area contributed by atoms with Crippen molar-refractivity contribution in [2.24, 2.45) is 4.99 Å². The number of nitrogens with zero attached hydrogens (tertiary/aromatic N) is 1. The van der Waals surface area contributed by atoms with Crippen molar-refractivity contribution in [3.63, 3.8) is 0 Å². The van der Waals surface area contributed by atoms with Crippen LogP contribution in [-0.2, 0) is 13.2 Å². The highest BCUT2D eigenvalue weighted by atomic mass is 127. The second-order valence-corrected chi connectivity index (χ2v) is 5.56. The molecule has 2 aromatic carbocycles. The van der Waals surface area contributed by atoms with E-state index in [4.69, 9.17) is 5.11 Å². The Morgan fingerprint density at radius 3 is 2.56 bits per heavy atom. The fourth-order valence-corrected chi connectivity index (χ4v) is 2.37. The maximum atomic E-state index is 13.4. The second kappa shape index (κ2) is 11.0. The molecule has 0 bridgehead atoms. The molecule has 0 saturated carbocycles. The summed E-state index contributed by atoms with van der Waals surface area (Å²) in [7, 11) is 0. The third-order valence-corrected chi connectivity index (χ3v) is 3.70. The molecule has 0 aromatic heterocycles. The zero-order chi connectivity index (χ0) is 17.4. The molecule has 1 unspecified atom stereocenters. The average molecular weight is 457 g/mol. The topological polar surface area (TPSA) is 56.7 Å². The molecule has 0 heterocycles. The van der Waals surface area contributed by atoms with Crippen LogP contribution in [0.2, 0.25) is 0 Å². The van der Waals surface area contributed by atoms with Crippen LogP contribution in [-0.4, -0.2) is 17.6 Å². The largest absolute Gasteiger partial charge is 0.392 e. The fourth-order valence-electron chi connectivity index (χ4n) is 2.37. The molecule has 0 aliphatic rings. The van der Waals surface area contributed by atoms with Gasteiger partial charge in [-0.05, 0) is 37.1 Å². The quantitative estimate of drug-likeness (QED) is 0.352. The maximum Gasteiger partial charge on any atom is 0.192 e. The van der Waals surface area contributed by atoms with Gasteiger partial charge in [-0.1, -0.05) is 36.4 Å². The monoisotopic (exact) mass is 457 g/mol. The second-order valence-electron chi connectivity index (χ2n) is 5.56. The van der Waals surface area contributed by atoms with Gasteiger partial charge in [0.05, 0.1) is 19.2 Å². The molecular weight excluding hydrogens is 432 g/mol. The van der Waals surface area contributed by atoms with Gasteiger partial charge < -0.3 is 15.7 Å².